The number of halogens is 1. The number of aromatic carboxylic acids is 1. The zero-order valence-corrected chi connectivity index (χ0v) is 12.7. The molecule has 21 heavy (non-hydrogen) atoms. The number of hydrogen-bond acceptors (Lipinski definition) is 3. The second-order valence-electron chi connectivity index (χ2n) is 5.36. The van der Waals surface area contributed by atoms with Crippen LogP contribution in [0.4, 0.5) is 5.69 Å². The first-order valence-corrected chi connectivity index (χ1v) is 7.41. The van der Waals surface area contributed by atoms with Gasteiger partial charge < -0.3 is 15.7 Å². The second kappa shape index (κ2) is 6.45. The molecule has 1 unspecified atom stereocenters. The summed E-state index contributed by atoms with van der Waals surface area (Å²) in [6, 6.07) is 4.37. The molecule has 0 saturated carbocycles. The van der Waals surface area contributed by atoms with E-state index in [-0.39, 0.29) is 17.2 Å². The average molecular weight is 311 g/mol. The number of anilines is 1. The molecule has 1 atom stereocenters. The van der Waals surface area contributed by atoms with Crippen molar-refractivity contribution < 1.29 is 14.7 Å². The van der Waals surface area contributed by atoms with Crippen molar-refractivity contribution in [1.29, 1.82) is 0 Å². The van der Waals surface area contributed by atoms with Crippen molar-refractivity contribution in [2.24, 2.45) is 5.41 Å². The molecule has 3 N–H and O–H groups in total. The molecule has 0 radical (unpaired) electrons. The first-order chi connectivity index (χ1) is 9.98. The Morgan fingerprint density at radius 3 is 2.81 bits per heavy atom. The lowest BCUT2D eigenvalue weighted by molar-refractivity contribution is -0.126. The van der Waals surface area contributed by atoms with Crippen molar-refractivity contribution >= 4 is 29.2 Å². The van der Waals surface area contributed by atoms with Crippen molar-refractivity contribution in [3.05, 3.63) is 28.8 Å². The molecule has 0 bridgehead atoms. The van der Waals surface area contributed by atoms with E-state index in [1.807, 2.05) is 6.92 Å². The van der Waals surface area contributed by atoms with Crippen LogP contribution < -0.4 is 10.6 Å². The first-order valence-electron chi connectivity index (χ1n) is 7.03. The number of carbonyl (C=O) groups excluding carboxylic acids is 1. The molecule has 0 aliphatic carbocycles. The van der Waals surface area contributed by atoms with Gasteiger partial charge in [0, 0.05) is 11.6 Å². The monoisotopic (exact) mass is 310 g/mol. The number of amides is 1. The SMILES string of the molecule is CCC1(C(=O)Nc2cc(Cl)ccc2C(=O)O)CCCNC1. The number of rotatable bonds is 4. The zero-order chi connectivity index (χ0) is 15.5. The van der Waals surface area contributed by atoms with Crippen molar-refractivity contribution in [2.45, 2.75) is 26.2 Å². The zero-order valence-electron chi connectivity index (χ0n) is 11.9. The van der Waals surface area contributed by atoms with Crippen molar-refractivity contribution in [1.82, 2.24) is 5.32 Å². The van der Waals surface area contributed by atoms with Crippen LogP contribution in [0.5, 0.6) is 0 Å². The van der Waals surface area contributed by atoms with Gasteiger partial charge in [-0.15, -0.1) is 0 Å². The summed E-state index contributed by atoms with van der Waals surface area (Å²) < 4.78 is 0. The Morgan fingerprint density at radius 2 is 2.24 bits per heavy atom. The number of hydrogen-bond donors (Lipinski definition) is 3. The Hall–Kier alpha value is -1.59. The number of benzene rings is 1. The average Bonchev–Trinajstić information content (AvgIpc) is 2.47. The van der Waals surface area contributed by atoms with E-state index in [0.29, 0.717) is 18.0 Å². The number of carboxylic acids is 1. The Kier molecular flexibility index (Phi) is 4.85. The van der Waals surface area contributed by atoms with E-state index < -0.39 is 11.4 Å². The summed E-state index contributed by atoms with van der Waals surface area (Å²) in [4.78, 5) is 23.9. The fourth-order valence-corrected chi connectivity index (χ4v) is 2.86. The van der Waals surface area contributed by atoms with Gasteiger partial charge in [-0.1, -0.05) is 18.5 Å². The molecule has 0 spiro atoms. The minimum absolute atomic E-state index is 0.0442. The summed E-state index contributed by atoms with van der Waals surface area (Å²) in [7, 11) is 0. The molecule has 1 saturated heterocycles. The van der Waals surface area contributed by atoms with Gasteiger partial charge in [-0.05, 0) is 44.0 Å². The van der Waals surface area contributed by atoms with E-state index in [1.165, 1.54) is 18.2 Å². The van der Waals surface area contributed by atoms with Crippen LogP contribution in [-0.2, 0) is 4.79 Å². The van der Waals surface area contributed by atoms with Crippen LogP contribution in [0, 0.1) is 5.41 Å². The van der Waals surface area contributed by atoms with Crippen molar-refractivity contribution in [3.63, 3.8) is 0 Å². The Balaban J connectivity index is 2.26. The normalized spacial score (nSPS) is 21.8. The Morgan fingerprint density at radius 1 is 1.48 bits per heavy atom. The number of carbonyl (C=O) groups is 2. The van der Waals surface area contributed by atoms with E-state index in [0.717, 1.165) is 19.4 Å². The molecule has 1 aromatic carbocycles. The van der Waals surface area contributed by atoms with E-state index in [4.69, 9.17) is 11.6 Å². The van der Waals surface area contributed by atoms with Crippen LogP contribution in [0.15, 0.2) is 18.2 Å². The number of piperidine rings is 1. The summed E-state index contributed by atoms with van der Waals surface area (Å²) in [5, 5.41) is 15.6. The summed E-state index contributed by atoms with van der Waals surface area (Å²) >= 11 is 5.90. The van der Waals surface area contributed by atoms with Gasteiger partial charge in [0.05, 0.1) is 16.7 Å². The summed E-state index contributed by atoms with van der Waals surface area (Å²) in [5.74, 6) is -1.24. The Bertz CT molecular complexity index is 554. The number of nitrogens with one attached hydrogen (secondary N) is 2. The highest BCUT2D eigenvalue weighted by Gasteiger charge is 2.38. The van der Waals surface area contributed by atoms with Crippen LogP contribution in [0.2, 0.25) is 5.02 Å². The highest BCUT2D eigenvalue weighted by atomic mass is 35.5. The molecule has 1 aliphatic rings. The van der Waals surface area contributed by atoms with Gasteiger partial charge >= 0.3 is 5.97 Å². The lowest BCUT2D eigenvalue weighted by Gasteiger charge is -2.35. The van der Waals surface area contributed by atoms with Gasteiger partial charge in [0.15, 0.2) is 0 Å². The highest BCUT2D eigenvalue weighted by Crippen LogP contribution is 2.32. The van der Waals surface area contributed by atoms with Gasteiger partial charge in [0.25, 0.3) is 0 Å². The lowest BCUT2D eigenvalue weighted by atomic mass is 9.77. The predicted octanol–water partition coefficient (Wildman–Crippen LogP) is 2.76. The highest BCUT2D eigenvalue weighted by molar-refractivity contribution is 6.31. The van der Waals surface area contributed by atoms with Gasteiger partial charge in [0.2, 0.25) is 5.91 Å². The molecule has 1 aliphatic heterocycles. The van der Waals surface area contributed by atoms with Crippen LogP contribution in [0.25, 0.3) is 0 Å². The largest absolute Gasteiger partial charge is 0.478 e. The van der Waals surface area contributed by atoms with Gasteiger partial charge in [0.1, 0.15) is 0 Å². The fraction of sp³-hybridized carbons (Fsp3) is 0.467. The maximum atomic E-state index is 12.6. The molecule has 1 fully saturated rings. The molecular formula is C15H19ClN2O3. The molecule has 5 nitrogen and oxygen atoms in total. The predicted molar refractivity (Wildman–Crippen MR) is 81.9 cm³/mol. The standard InChI is InChI=1S/C15H19ClN2O3/c1-2-15(6-3-7-17-9-15)14(21)18-12-8-10(16)4-5-11(12)13(19)20/h4-5,8,17H,2-3,6-7,9H2,1H3,(H,18,21)(H,19,20). The summed E-state index contributed by atoms with van der Waals surface area (Å²) in [6.07, 6.45) is 2.43. The van der Waals surface area contributed by atoms with Crippen molar-refractivity contribution in [3.8, 4) is 0 Å². The van der Waals surface area contributed by atoms with Crippen molar-refractivity contribution in [2.75, 3.05) is 18.4 Å². The van der Waals surface area contributed by atoms with Gasteiger partial charge in [-0.3, -0.25) is 4.79 Å². The van der Waals surface area contributed by atoms with E-state index >= 15 is 0 Å². The lowest BCUT2D eigenvalue weighted by Crippen LogP contribution is -2.47. The molecule has 1 heterocycles. The third-order valence-electron chi connectivity index (χ3n) is 4.09. The van der Waals surface area contributed by atoms with E-state index in [9.17, 15) is 14.7 Å². The number of carboxylic acid groups (broad SMARTS) is 1. The third kappa shape index (κ3) is 3.36. The van der Waals surface area contributed by atoms with Crippen LogP contribution >= 0.6 is 11.6 Å². The van der Waals surface area contributed by atoms with E-state index in [1.54, 1.807) is 0 Å². The third-order valence-corrected chi connectivity index (χ3v) is 4.33. The topological polar surface area (TPSA) is 78.4 Å². The van der Waals surface area contributed by atoms with Crippen LogP contribution in [-0.4, -0.2) is 30.1 Å². The smallest absolute Gasteiger partial charge is 0.337 e. The molecular weight excluding hydrogens is 292 g/mol. The molecule has 6 heteroatoms. The minimum atomic E-state index is -1.09. The molecule has 2 rings (SSSR count). The van der Waals surface area contributed by atoms with E-state index in [2.05, 4.69) is 10.6 Å². The van der Waals surface area contributed by atoms with Crippen LogP contribution in [0.1, 0.15) is 36.5 Å². The molecule has 114 valence electrons. The summed E-state index contributed by atoms with van der Waals surface area (Å²) in [5.41, 5.74) is -0.197. The summed E-state index contributed by atoms with van der Waals surface area (Å²) in [6.45, 7) is 3.49. The molecule has 0 aromatic heterocycles. The van der Waals surface area contributed by atoms with Gasteiger partial charge in [-0.25, -0.2) is 4.79 Å². The quantitative estimate of drug-likeness (QED) is 0.799. The fourth-order valence-electron chi connectivity index (χ4n) is 2.69. The molecule has 1 amide bonds. The van der Waals surface area contributed by atoms with Gasteiger partial charge in [-0.2, -0.15) is 0 Å². The molecule has 1 aromatic rings. The second-order valence-corrected chi connectivity index (χ2v) is 5.80. The van der Waals surface area contributed by atoms with Crippen LogP contribution in [0.3, 0.4) is 0 Å². The minimum Gasteiger partial charge on any atom is -0.478 e. The Labute approximate surface area is 128 Å². The first kappa shape index (κ1) is 15.8. The maximum absolute atomic E-state index is 12.6. The maximum Gasteiger partial charge on any atom is 0.337 e.